The minimum atomic E-state index is -0.882. The summed E-state index contributed by atoms with van der Waals surface area (Å²) < 4.78 is 10.8. The molecular formula is C21H32N4O4. The van der Waals surface area contributed by atoms with Crippen LogP contribution in [-0.4, -0.2) is 46.1 Å². The van der Waals surface area contributed by atoms with Gasteiger partial charge in [0, 0.05) is 13.1 Å². The predicted molar refractivity (Wildman–Crippen MR) is 113 cm³/mol. The number of nitrogens with zero attached hydrogens (tertiary/aromatic N) is 4. The average Bonchev–Trinajstić information content (AvgIpc) is 2.56. The number of ether oxygens (including phenoxy) is 2. The van der Waals surface area contributed by atoms with Crippen molar-refractivity contribution in [2.75, 3.05) is 11.9 Å². The van der Waals surface area contributed by atoms with Gasteiger partial charge < -0.3 is 9.47 Å². The van der Waals surface area contributed by atoms with Crippen molar-refractivity contribution >= 4 is 23.7 Å². The lowest BCUT2D eigenvalue weighted by molar-refractivity contribution is 0.0429. The van der Waals surface area contributed by atoms with Gasteiger partial charge in [-0.1, -0.05) is 19.4 Å². The topological polar surface area (TPSA) is 94.0 Å². The molecule has 1 rings (SSSR count). The molecule has 1 heterocycles. The number of unbranched alkanes of at least 4 members (excludes halogenated alkanes) is 1. The zero-order valence-corrected chi connectivity index (χ0v) is 18.6. The molecule has 1 aromatic heterocycles. The number of anilines is 1. The number of aliphatic imine (C=N–C) groups is 1. The molecule has 0 atom stereocenters. The third-order valence-electron chi connectivity index (χ3n) is 3.27. The first-order valence-electron chi connectivity index (χ1n) is 9.59. The van der Waals surface area contributed by atoms with Crippen LogP contribution in [0.15, 0.2) is 29.5 Å². The summed E-state index contributed by atoms with van der Waals surface area (Å²) in [5.41, 5.74) is -0.518. The summed E-state index contributed by atoms with van der Waals surface area (Å²) in [5.74, 6) is 0.0449. The molecule has 8 nitrogen and oxygen atoms in total. The van der Waals surface area contributed by atoms with Crippen molar-refractivity contribution in [1.29, 1.82) is 0 Å². The molecule has 0 fully saturated rings. The highest BCUT2D eigenvalue weighted by Crippen LogP contribution is 2.20. The fourth-order valence-electron chi connectivity index (χ4n) is 2.12. The highest BCUT2D eigenvalue weighted by Gasteiger charge is 2.33. The third kappa shape index (κ3) is 8.41. The van der Waals surface area contributed by atoms with Crippen LogP contribution < -0.4 is 4.90 Å². The van der Waals surface area contributed by atoms with E-state index >= 15 is 0 Å². The molecule has 160 valence electrons. The van der Waals surface area contributed by atoms with Crippen LogP contribution in [0.4, 0.5) is 15.4 Å². The van der Waals surface area contributed by atoms with Crippen molar-refractivity contribution < 1.29 is 19.1 Å². The monoisotopic (exact) mass is 404 g/mol. The Morgan fingerprint density at radius 2 is 1.62 bits per heavy atom. The van der Waals surface area contributed by atoms with Crippen LogP contribution >= 0.6 is 0 Å². The van der Waals surface area contributed by atoms with Crippen LogP contribution in [0.2, 0.25) is 0 Å². The quantitative estimate of drug-likeness (QED) is 0.646. The molecular weight excluding hydrogens is 372 g/mol. The fraction of sp³-hybridized carbons (Fsp3) is 0.571. The van der Waals surface area contributed by atoms with Crippen LogP contribution in [0.25, 0.3) is 0 Å². The summed E-state index contributed by atoms with van der Waals surface area (Å²) in [7, 11) is 1.65. The molecule has 0 unspecified atom stereocenters. The van der Waals surface area contributed by atoms with E-state index < -0.39 is 23.4 Å². The number of amides is 2. The summed E-state index contributed by atoms with van der Waals surface area (Å²) >= 11 is 0. The number of carbonyl (C=O) groups excluding carboxylic acids is 2. The van der Waals surface area contributed by atoms with E-state index in [0.29, 0.717) is 11.4 Å². The van der Waals surface area contributed by atoms with Gasteiger partial charge in [0.2, 0.25) is 0 Å². The summed E-state index contributed by atoms with van der Waals surface area (Å²) in [4.78, 5) is 38.8. The van der Waals surface area contributed by atoms with Crippen LogP contribution in [0.5, 0.6) is 0 Å². The lowest BCUT2D eigenvalue weighted by atomic mass is 10.2. The van der Waals surface area contributed by atoms with Crippen LogP contribution in [-0.2, 0) is 9.47 Å². The van der Waals surface area contributed by atoms with E-state index in [0.717, 1.165) is 17.7 Å². The summed E-state index contributed by atoms with van der Waals surface area (Å²) in [5, 5.41) is 0. The van der Waals surface area contributed by atoms with E-state index in [4.69, 9.17) is 9.47 Å². The Morgan fingerprint density at radius 1 is 1.07 bits per heavy atom. The highest BCUT2D eigenvalue weighted by atomic mass is 16.6. The Hall–Kier alpha value is -2.77. The van der Waals surface area contributed by atoms with Crippen LogP contribution in [0.3, 0.4) is 0 Å². The SMILES string of the molecule is CCC/C=C\C(=NC)c1cc(N(C(=O)OC(C)(C)C)C(=O)OC(C)(C)C)ncn1. The van der Waals surface area contributed by atoms with Crippen LogP contribution in [0, 0.1) is 0 Å². The number of aromatic nitrogens is 2. The molecule has 0 aliphatic rings. The van der Waals surface area contributed by atoms with E-state index in [1.807, 2.05) is 12.2 Å². The molecule has 0 bridgehead atoms. The standard InChI is InChI=1S/C21H32N4O4/c1-9-10-11-12-15(22-8)16-13-17(24-14-23-16)25(18(26)28-20(2,3)4)19(27)29-21(5,6)7/h11-14H,9-10H2,1-8H3/b12-11-,22-15?. The molecule has 0 aliphatic heterocycles. The minimum absolute atomic E-state index is 0.0449. The van der Waals surface area contributed by atoms with Crippen molar-refractivity contribution in [1.82, 2.24) is 9.97 Å². The van der Waals surface area contributed by atoms with Crippen molar-refractivity contribution in [2.45, 2.75) is 72.5 Å². The summed E-state index contributed by atoms with van der Waals surface area (Å²) in [6.45, 7) is 12.4. The van der Waals surface area contributed by atoms with Gasteiger partial charge in [-0.3, -0.25) is 4.99 Å². The van der Waals surface area contributed by atoms with Gasteiger partial charge in [-0.2, -0.15) is 4.90 Å². The smallest absolute Gasteiger partial charge is 0.425 e. The van der Waals surface area contributed by atoms with Gasteiger partial charge in [0.25, 0.3) is 0 Å². The average molecular weight is 405 g/mol. The molecule has 29 heavy (non-hydrogen) atoms. The van der Waals surface area contributed by atoms with Crippen molar-refractivity contribution in [3.63, 3.8) is 0 Å². The molecule has 1 aromatic rings. The first-order chi connectivity index (χ1) is 13.4. The first-order valence-corrected chi connectivity index (χ1v) is 9.59. The van der Waals surface area contributed by atoms with Gasteiger partial charge in [0.05, 0.1) is 11.4 Å². The van der Waals surface area contributed by atoms with Gasteiger partial charge in [-0.25, -0.2) is 19.6 Å². The van der Waals surface area contributed by atoms with E-state index in [-0.39, 0.29) is 5.82 Å². The predicted octanol–water partition coefficient (Wildman–Crippen LogP) is 4.93. The van der Waals surface area contributed by atoms with Crippen molar-refractivity contribution in [3.05, 3.63) is 30.2 Å². The minimum Gasteiger partial charge on any atom is -0.443 e. The maximum absolute atomic E-state index is 12.7. The Bertz CT molecular complexity index is 746. The van der Waals surface area contributed by atoms with Gasteiger partial charge in [-0.05, 0) is 54.0 Å². The van der Waals surface area contributed by atoms with Gasteiger partial charge in [0.15, 0.2) is 5.82 Å². The molecule has 2 amide bonds. The first kappa shape index (κ1) is 24.3. The summed E-state index contributed by atoms with van der Waals surface area (Å²) in [6.07, 6.45) is 5.25. The molecule has 0 spiro atoms. The number of allylic oxidation sites excluding steroid dienone is 2. The second kappa shape index (κ2) is 10.1. The Labute approximate surface area is 173 Å². The van der Waals surface area contributed by atoms with Crippen molar-refractivity contribution in [2.24, 2.45) is 4.99 Å². The van der Waals surface area contributed by atoms with E-state index in [2.05, 4.69) is 21.9 Å². The van der Waals surface area contributed by atoms with E-state index in [1.54, 1.807) is 48.6 Å². The molecule has 0 N–H and O–H groups in total. The van der Waals surface area contributed by atoms with Crippen LogP contribution in [0.1, 0.15) is 67.0 Å². The largest absolute Gasteiger partial charge is 0.443 e. The highest BCUT2D eigenvalue weighted by molar-refractivity contribution is 6.11. The molecule has 0 aliphatic carbocycles. The van der Waals surface area contributed by atoms with E-state index in [9.17, 15) is 9.59 Å². The normalized spacial score (nSPS) is 12.8. The molecule has 8 heteroatoms. The third-order valence-corrected chi connectivity index (χ3v) is 3.27. The Balaban J connectivity index is 3.34. The maximum Gasteiger partial charge on any atom is 0.425 e. The number of hydrogen-bond acceptors (Lipinski definition) is 7. The number of rotatable bonds is 5. The lowest BCUT2D eigenvalue weighted by Gasteiger charge is -2.28. The van der Waals surface area contributed by atoms with Gasteiger partial charge >= 0.3 is 12.2 Å². The summed E-state index contributed by atoms with van der Waals surface area (Å²) in [6, 6.07) is 1.51. The number of hydrogen-bond donors (Lipinski definition) is 0. The molecule has 0 saturated carbocycles. The number of carbonyl (C=O) groups is 2. The number of imide groups is 1. The second-order valence-corrected chi connectivity index (χ2v) is 8.36. The fourth-order valence-corrected chi connectivity index (χ4v) is 2.12. The molecule has 0 radical (unpaired) electrons. The zero-order valence-electron chi connectivity index (χ0n) is 18.6. The molecule has 0 aromatic carbocycles. The Morgan fingerprint density at radius 3 is 2.07 bits per heavy atom. The lowest BCUT2D eigenvalue weighted by Crippen LogP contribution is -2.44. The second-order valence-electron chi connectivity index (χ2n) is 8.36. The molecule has 0 saturated heterocycles. The van der Waals surface area contributed by atoms with E-state index in [1.165, 1.54) is 12.4 Å². The van der Waals surface area contributed by atoms with Gasteiger partial charge in [-0.15, -0.1) is 0 Å². The van der Waals surface area contributed by atoms with Gasteiger partial charge in [0.1, 0.15) is 17.5 Å². The Kier molecular flexibility index (Phi) is 8.48. The maximum atomic E-state index is 12.7. The van der Waals surface area contributed by atoms with Crippen molar-refractivity contribution in [3.8, 4) is 0 Å². The zero-order chi connectivity index (χ0) is 22.2.